The van der Waals surface area contributed by atoms with Gasteiger partial charge in [-0.3, -0.25) is 4.79 Å². The van der Waals surface area contributed by atoms with Crippen molar-refractivity contribution in [2.45, 2.75) is 60.0 Å². The van der Waals surface area contributed by atoms with Crippen LogP contribution in [0.5, 0.6) is 0 Å². The maximum Gasteiger partial charge on any atom is 0.303 e. The Kier molecular flexibility index (Phi) is 6.07. The van der Waals surface area contributed by atoms with E-state index in [-0.39, 0.29) is 6.42 Å². The highest BCUT2D eigenvalue weighted by molar-refractivity contribution is 8.00. The van der Waals surface area contributed by atoms with E-state index in [0.717, 1.165) is 24.3 Å². The molecule has 0 spiro atoms. The van der Waals surface area contributed by atoms with Crippen LogP contribution in [-0.4, -0.2) is 26.6 Å². The van der Waals surface area contributed by atoms with Crippen molar-refractivity contribution in [2.24, 2.45) is 0 Å². The van der Waals surface area contributed by atoms with E-state index < -0.39 is 5.97 Å². The summed E-state index contributed by atoms with van der Waals surface area (Å²) in [6.45, 7) is 4.37. The van der Waals surface area contributed by atoms with Gasteiger partial charge in [0.05, 0.1) is 0 Å². The van der Waals surface area contributed by atoms with Crippen LogP contribution in [0.1, 0.15) is 38.7 Å². The second-order valence-corrected chi connectivity index (χ2v) is 9.46. The molecule has 0 bridgehead atoms. The zero-order chi connectivity index (χ0) is 17.8. The van der Waals surface area contributed by atoms with E-state index >= 15 is 0 Å². The smallest absolute Gasteiger partial charge is 0.303 e. The number of aromatic nitrogens is 1. The van der Waals surface area contributed by atoms with Gasteiger partial charge in [-0.05, 0) is 48.6 Å². The molecule has 5 heteroatoms. The molecule has 1 unspecified atom stereocenters. The normalized spacial score (nSPS) is 16.7. The first kappa shape index (κ1) is 18.3. The van der Waals surface area contributed by atoms with Crippen molar-refractivity contribution < 1.29 is 9.90 Å². The summed E-state index contributed by atoms with van der Waals surface area (Å²) in [5, 5.41) is 10.9. The highest BCUT2D eigenvalue weighted by atomic mass is 32.2. The minimum Gasteiger partial charge on any atom is -0.481 e. The summed E-state index contributed by atoms with van der Waals surface area (Å²) in [7, 11) is 0. The molecule has 2 aromatic rings. The molecule has 1 aliphatic heterocycles. The number of benzene rings is 1. The monoisotopic (exact) mass is 373 g/mol. The third kappa shape index (κ3) is 4.79. The average molecular weight is 374 g/mol. The van der Waals surface area contributed by atoms with Crippen LogP contribution in [-0.2, 0) is 11.2 Å². The Morgan fingerprint density at radius 1 is 1.40 bits per heavy atom. The van der Waals surface area contributed by atoms with Gasteiger partial charge >= 0.3 is 5.97 Å². The molecule has 0 radical (unpaired) electrons. The molecule has 3 rings (SSSR count). The van der Waals surface area contributed by atoms with Crippen LogP contribution in [0.2, 0.25) is 0 Å². The molecule has 132 valence electrons. The van der Waals surface area contributed by atoms with Gasteiger partial charge in [0.1, 0.15) is 5.03 Å². The first-order valence-electron chi connectivity index (χ1n) is 8.66. The zero-order valence-electron chi connectivity index (χ0n) is 14.6. The summed E-state index contributed by atoms with van der Waals surface area (Å²) >= 11 is 3.63. The first-order chi connectivity index (χ1) is 12.0. The molecule has 1 aromatic heterocycles. The van der Waals surface area contributed by atoms with Crippen LogP contribution < -0.4 is 0 Å². The van der Waals surface area contributed by atoms with E-state index in [9.17, 15) is 4.79 Å². The SMILES string of the molecule is CC(C)Sc1ncccc1-c1ccc2c(c1)CCC(CCC(=O)O)S2. The number of hydrogen-bond acceptors (Lipinski definition) is 4. The third-order valence-corrected chi connectivity index (χ3v) is 6.68. The summed E-state index contributed by atoms with van der Waals surface area (Å²) in [5.41, 5.74) is 3.79. The predicted molar refractivity (Wildman–Crippen MR) is 106 cm³/mol. The van der Waals surface area contributed by atoms with Crippen molar-refractivity contribution in [3.05, 3.63) is 42.1 Å². The Labute approximate surface area is 157 Å². The van der Waals surface area contributed by atoms with Crippen LogP contribution >= 0.6 is 23.5 Å². The first-order valence-corrected chi connectivity index (χ1v) is 10.4. The summed E-state index contributed by atoms with van der Waals surface area (Å²) in [5.74, 6) is -0.700. The summed E-state index contributed by atoms with van der Waals surface area (Å²) in [6.07, 6.45) is 4.94. The number of aliphatic carboxylic acids is 1. The van der Waals surface area contributed by atoms with E-state index in [1.165, 1.54) is 21.6 Å². The van der Waals surface area contributed by atoms with Gasteiger partial charge in [-0.15, -0.1) is 23.5 Å². The van der Waals surface area contributed by atoms with E-state index in [0.29, 0.717) is 10.5 Å². The average Bonchev–Trinajstić information content (AvgIpc) is 2.59. The molecule has 0 amide bonds. The van der Waals surface area contributed by atoms with Gasteiger partial charge in [0.2, 0.25) is 0 Å². The zero-order valence-corrected chi connectivity index (χ0v) is 16.2. The Morgan fingerprint density at radius 2 is 2.24 bits per heavy atom. The third-order valence-electron chi connectivity index (χ3n) is 4.20. The topological polar surface area (TPSA) is 50.2 Å². The molecular formula is C20H23NO2S2. The van der Waals surface area contributed by atoms with E-state index in [1.807, 2.05) is 24.0 Å². The van der Waals surface area contributed by atoms with Crippen molar-refractivity contribution in [1.82, 2.24) is 4.98 Å². The number of rotatable bonds is 6. The van der Waals surface area contributed by atoms with Gasteiger partial charge in [-0.1, -0.05) is 26.0 Å². The molecule has 1 aromatic carbocycles. The lowest BCUT2D eigenvalue weighted by molar-refractivity contribution is -0.137. The molecule has 1 aliphatic rings. The molecule has 3 nitrogen and oxygen atoms in total. The number of fused-ring (bicyclic) bond motifs is 1. The lowest BCUT2D eigenvalue weighted by Crippen LogP contribution is -2.12. The summed E-state index contributed by atoms with van der Waals surface area (Å²) in [4.78, 5) is 16.6. The maximum absolute atomic E-state index is 10.8. The highest BCUT2D eigenvalue weighted by Crippen LogP contribution is 2.40. The minimum absolute atomic E-state index is 0.260. The molecule has 0 saturated carbocycles. The van der Waals surface area contributed by atoms with Crippen LogP contribution in [0.15, 0.2) is 46.5 Å². The Hall–Kier alpha value is -1.46. The van der Waals surface area contributed by atoms with Gasteiger partial charge in [-0.25, -0.2) is 4.98 Å². The van der Waals surface area contributed by atoms with Crippen molar-refractivity contribution in [2.75, 3.05) is 0 Å². The second-order valence-electron chi connectivity index (χ2n) is 6.56. The Morgan fingerprint density at radius 3 is 3.00 bits per heavy atom. The van der Waals surface area contributed by atoms with Gasteiger partial charge in [0, 0.05) is 33.6 Å². The number of carboxylic acids is 1. The molecular weight excluding hydrogens is 350 g/mol. The number of thioether (sulfide) groups is 2. The fourth-order valence-electron chi connectivity index (χ4n) is 3.03. The van der Waals surface area contributed by atoms with E-state index in [4.69, 9.17) is 5.11 Å². The van der Waals surface area contributed by atoms with Gasteiger partial charge < -0.3 is 5.11 Å². The van der Waals surface area contributed by atoms with E-state index in [2.05, 4.69) is 43.1 Å². The number of pyridine rings is 1. The molecule has 2 heterocycles. The molecule has 1 atom stereocenters. The van der Waals surface area contributed by atoms with Crippen molar-refractivity contribution in [3.8, 4) is 11.1 Å². The van der Waals surface area contributed by atoms with Gasteiger partial charge in [0.15, 0.2) is 0 Å². The number of aryl methyl sites for hydroxylation is 1. The number of carbonyl (C=O) groups is 1. The second kappa shape index (κ2) is 8.28. The number of hydrogen-bond donors (Lipinski definition) is 1. The van der Waals surface area contributed by atoms with Crippen LogP contribution in [0.25, 0.3) is 11.1 Å². The number of nitrogens with zero attached hydrogens (tertiary/aromatic N) is 1. The summed E-state index contributed by atoms with van der Waals surface area (Å²) < 4.78 is 0. The Balaban J connectivity index is 1.80. The van der Waals surface area contributed by atoms with E-state index in [1.54, 1.807) is 11.8 Å². The van der Waals surface area contributed by atoms with Crippen LogP contribution in [0.3, 0.4) is 0 Å². The fraction of sp³-hybridized carbons (Fsp3) is 0.400. The summed E-state index contributed by atoms with van der Waals surface area (Å²) in [6, 6.07) is 10.8. The highest BCUT2D eigenvalue weighted by Gasteiger charge is 2.21. The van der Waals surface area contributed by atoms with Gasteiger partial charge in [-0.2, -0.15) is 0 Å². The predicted octanol–water partition coefficient (Wildman–Crippen LogP) is 5.52. The fourth-order valence-corrected chi connectivity index (χ4v) is 5.20. The lowest BCUT2D eigenvalue weighted by atomic mass is 10.00. The minimum atomic E-state index is -0.700. The largest absolute Gasteiger partial charge is 0.481 e. The standard InChI is InChI=1S/C20H23NO2S2/c1-13(2)24-20-17(4-3-11-21-20)14-6-9-18-15(12-14)5-7-16(25-18)8-10-19(22)23/h3-4,6,9,11-13,16H,5,7-8,10H2,1-2H3,(H,22,23). The van der Waals surface area contributed by atoms with Crippen LogP contribution in [0, 0.1) is 0 Å². The molecule has 25 heavy (non-hydrogen) atoms. The lowest BCUT2D eigenvalue weighted by Gasteiger charge is -2.24. The molecule has 0 fully saturated rings. The van der Waals surface area contributed by atoms with Crippen molar-refractivity contribution >= 4 is 29.5 Å². The van der Waals surface area contributed by atoms with Crippen molar-refractivity contribution in [3.63, 3.8) is 0 Å². The molecule has 1 N–H and O–H groups in total. The number of carboxylic acid groups (broad SMARTS) is 1. The van der Waals surface area contributed by atoms with Crippen molar-refractivity contribution in [1.29, 1.82) is 0 Å². The van der Waals surface area contributed by atoms with Crippen LogP contribution in [0.4, 0.5) is 0 Å². The molecule has 0 saturated heterocycles. The Bertz CT molecular complexity index is 761. The maximum atomic E-state index is 10.8. The molecule has 0 aliphatic carbocycles. The quantitative estimate of drug-likeness (QED) is 0.676. The van der Waals surface area contributed by atoms with Gasteiger partial charge in [0.25, 0.3) is 0 Å².